The maximum absolute atomic E-state index is 10.6. The first-order chi connectivity index (χ1) is 17.7. The van der Waals surface area contributed by atoms with Crippen molar-refractivity contribution in [1.82, 2.24) is 10.3 Å². The molecule has 1 fully saturated rings. The maximum atomic E-state index is 10.6. The molecule has 1 saturated heterocycles. The van der Waals surface area contributed by atoms with Gasteiger partial charge in [-0.15, -0.1) is 0 Å². The van der Waals surface area contributed by atoms with Crippen LogP contribution in [-0.2, 0) is 9.59 Å². The Morgan fingerprint density at radius 3 is 1.92 bits per heavy atom. The Morgan fingerprint density at radius 2 is 1.42 bits per heavy atom. The summed E-state index contributed by atoms with van der Waals surface area (Å²) in [7, 11) is 0. The Morgan fingerprint density at radius 1 is 0.895 bits per heavy atom. The van der Waals surface area contributed by atoms with E-state index in [1.807, 2.05) is 43.5 Å². The van der Waals surface area contributed by atoms with Crippen LogP contribution < -0.4 is 15.0 Å². The number of aliphatic carboxylic acids is 2. The number of para-hydroxylation sites is 2. The zero-order valence-corrected chi connectivity index (χ0v) is 19.8. The van der Waals surface area contributed by atoms with Gasteiger partial charge in [-0.05, 0) is 31.2 Å². The van der Waals surface area contributed by atoms with Gasteiger partial charge in [0.15, 0.2) is 0 Å². The van der Waals surface area contributed by atoms with Crippen LogP contribution in [0.4, 0.5) is 32.0 Å². The number of halogens is 6. The molecular formula is C24H23F6N3O5. The molecule has 1 aliphatic rings. The van der Waals surface area contributed by atoms with Crippen LogP contribution >= 0.6 is 0 Å². The van der Waals surface area contributed by atoms with Crippen molar-refractivity contribution < 1.29 is 50.9 Å². The first kappa shape index (κ1) is 30.2. The lowest BCUT2D eigenvalue weighted by Crippen LogP contribution is -2.43. The van der Waals surface area contributed by atoms with Gasteiger partial charge in [0.25, 0.3) is 0 Å². The minimum Gasteiger partial charge on any atom is -0.475 e. The van der Waals surface area contributed by atoms with Crippen LogP contribution in [0.5, 0.6) is 11.5 Å². The van der Waals surface area contributed by atoms with Gasteiger partial charge in [0.1, 0.15) is 11.5 Å². The molecule has 206 valence electrons. The molecule has 0 unspecified atom stereocenters. The number of benzene rings is 2. The summed E-state index contributed by atoms with van der Waals surface area (Å²) >= 11 is 0. The summed E-state index contributed by atoms with van der Waals surface area (Å²) in [4.78, 5) is 24.9. The maximum Gasteiger partial charge on any atom is 0.490 e. The molecule has 38 heavy (non-hydrogen) atoms. The molecule has 0 bridgehead atoms. The van der Waals surface area contributed by atoms with Gasteiger partial charge < -0.3 is 25.2 Å². The Bertz CT molecular complexity index is 1210. The summed E-state index contributed by atoms with van der Waals surface area (Å²) in [6, 6.07) is 16.3. The highest BCUT2D eigenvalue weighted by atomic mass is 19.4. The lowest BCUT2D eigenvalue weighted by molar-refractivity contribution is -0.193. The first-order valence-corrected chi connectivity index (χ1v) is 10.9. The average molecular weight is 547 g/mol. The second-order valence-electron chi connectivity index (χ2n) is 7.70. The summed E-state index contributed by atoms with van der Waals surface area (Å²) in [5, 5.41) is 18.7. The number of rotatable bonds is 3. The molecule has 1 aromatic heterocycles. The molecule has 2 aromatic carbocycles. The van der Waals surface area contributed by atoms with Gasteiger partial charge in [-0.25, -0.2) is 9.59 Å². The van der Waals surface area contributed by atoms with E-state index < -0.39 is 24.3 Å². The number of alkyl halides is 6. The van der Waals surface area contributed by atoms with Gasteiger partial charge in [0, 0.05) is 43.3 Å². The van der Waals surface area contributed by atoms with Crippen LogP contribution in [0.1, 0.15) is 5.56 Å². The number of carboxylic acid groups (broad SMARTS) is 2. The Balaban J connectivity index is 0.000000301. The molecule has 3 aromatic rings. The number of aryl methyl sites for hydroxylation is 1. The van der Waals surface area contributed by atoms with E-state index >= 15 is 0 Å². The molecule has 0 amide bonds. The van der Waals surface area contributed by atoms with Crippen LogP contribution in [-0.4, -0.2) is 65.7 Å². The second kappa shape index (κ2) is 12.9. The summed E-state index contributed by atoms with van der Waals surface area (Å²) in [6.45, 7) is 6.07. The van der Waals surface area contributed by atoms with E-state index in [4.69, 9.17) is 29.5 Å². The lowest BCUT2D eigenvalue weighted by atomic mass is 10.1. The number of pyridine rings is 1. The highest BCUT2D eigenvalue weighted by Gasteiger charge is 2.38. The quantitative estimate of drug-likeness (QED) is 0.393. The number of nitrogens with one attached hydrogen (secondary N) is 1. The van der Waals surface area contributed by atoms with E-state index in [1.54, 1.807) is 0 Å². The van der Waals surface area contributed by atoms with Gasteiger partial charge in [0.05, 0.1) is 11.2 Å². The largest absolute Gasteiger partial charge is 0.490 e. The third kappa shape index (κ3) is 8.80. The van der Waals surface area contributed by atoms with E-state index in [0.29, 0.717) is 0 Å². The predicted molar refractivity (Wildman–Crippen MR) is 125 cm³/mol. The number of piperazine rings is 1. The molecule has 0 radical (unpaired) electrons. The zero-order chi connectivity index (χ0) is 28.5. The number of ether oxygens (including phenoxy) is 1. The van der Waals surface area contributed by atoms with Crippen molar-refractivity contribution in [3.63, 3.8) is 0 Å². The zero-order valence-electron chi connectivity index (χ0n) is 19.8. The highest BCUT2D eigenvalue weighted by molar-refractivity contribution is 5.95. The van der Waals surface area contributed by atoms with Crippen molar-refractivity contribution in [1.29, 1.82) is 0 Å². The number of carbonyl (C=O) groups is 2. The summed E-state index contributed by atoms with van der Waals surface area (Å²) < 4.78 is 69.7. The number of carboxylic acids is 2. The fourth-order valence-electron chi connectivity index (χ4n) is 3.19. The Hall–Kier alpha value is -4.07. The van der Waals surface area contributed by atoms with E-state index in [1.165, 1.54) is 5.69 Å². The Labute approximate surface area is 212 Å². The number of anilines is 1. The second-order valence-corrected chi connectivity index (χ2v) is 7.70. The van der Waals surface area contributed by atoms with Gasteiger partial charge in [0.2, 0.25) is 0 Å². The van der Waals surface area contributed by atoms with E-state index in [2.05, 4.69) is 28.4 Å². The Kier molecular flexibility index (Phi) is 10.3. The van der Waals surface area contributed by atoms with Crippen LogP contribution in [0, 0.1) is 6.92 Å². The number of nitrogens with zero attached hydrogens (tertiary/aromatic N) is 2. The average Bonchev–Trinajstić information content (AvgIpc) is 2.86. The van der Waals surface area contributed by atoms with E-state index in [0.717, 1.165) is 54.1 Å². The summed E-state index contributed by atoms with van der Waals surface area (Å²) in [6.07, 6.45) is -8.26. The van der Waals surface area contributed by atoms with Crippen molar-refractivity contribution in [2.75, 3.05) is 31.1 Å². The number of hydrogen-bond donors (Lipinski definition) is 3. The minimum absolute atomic E-state index is 0.848. The highest BCUT2D eigenvalue weighted by Crippen LogP contribution is 2.36. The number of fused-ring (bicyclic) bond motifs is 1. The van der Waals surface area contributed by atoms with Crippen molar-refractivity contribution in [2.45, 2.75) is 19.3 Å². The molecule has 3 N–H and O–H groups in total. The molecular weight excluding hydrogens is 524 g/mol. The normalized spacial score (nSPS) is 13.5. The standard InChI is InChI=1S/C20H21N3O.2C2HF3O2/c1-15-14-22-19-17(20(15)24-16-6-3-2-4-7-16)8-5-9-18(19)23-12-10-21-11-13-23;2*3-2(4,5)1(6)7/h2-9,14,21H,10-13H2,1H3;2*(H,6,7). The fourth-order valence-corrected chi connectivity index (χ4v) is 3.19. The summed E-state index contributed by atoms with van der Waals surface area (Å²) in [5.41, 5.74) is 3.24. The van der Waals surface area contributed by atoms with Crippen LogP contribution in [0.15, 0.2) is 54.7 Å². The minimum atomic E-state index is -5.08. The van der Waals surface area contributed by atoms with E-state index in [9.17, 15) is 26.3 Å². The third-order valence-electron chi connectivity index (χ3n) is 4.91. The van der Waals surface area contributed by atoms with Gasteiger partial charge in [-0.2, -0.15) is 26.3 Å². The van der Waals surface area contributed by atoms with Crippen LogP contribution in [0.25, 0.3) is 10.9 Å². The van der Waals surface area contributed by atoms with Crippen molar-refractivity contribution in [2.24, 2.45) is 0 Å². The van der Waals surface area contributed by atoms with E-state index in [-0.39, 0.29) is 0 Å². The molecule has 0 spiro atoms. The predicted octanol–water partition coefficient (Wildman–Crippen LogP) is 5.01. The number of aromatic nitrogens is 1. The number of hydrogen-bond acceptors (Lipinski definition) is 6. The summed E-state index contributed by atoms with van der Waals surface area (Å²) in [5.74, 6) is -3.77. The topological polar surface area (TPSA) is 112 Å². The molecule has 1 aliphatic heterocycles. The van der Waals surface area contributed by atoms with Gasteiger partial charge >= 0.3 is 24.3 Å². The molecule has 8 nitrogen and oxygen atoms in total. The monoisotopic (exact) mass is 547 g/mol. The molecule has 4 rings (SSSR count). The van der Waals surface area contributed by atoms with Crippen molar-refractivity contribution in [3.8, 4) is 11.5 Å². The van der Waals surface area contributed by atoms with Crippen LogP contribution in [0.2, 0.25) is 0 Å². The SMILES string of the molecule is Cc1cnc2c(N3CCNCC3)cccc2c1Oc1ccccc1.O=C(O)C(F)(F)F.O=C(O)C(F)(F)F. The fraction of sp³-hybridized carbons (Fsp3) is 0.292. The van der Waals surface area contributed by atoms with Crippen LogP contribution in [0.3, 0.4) is 0 Å². The molecule has 0 atom stereocenters. The lowest BCUT2D eigenvalue weighted by Gasteiger charge is -2.30. The molecule has 2 heterocycles. The first-order valence-electron chi connectivity index (χ1n) is 10.9. The van der Waals surface area contributed by atoms with Crippen molar-refractivity contribution >= 4 is 28.5 Å². The van der Waals surface area contributed by atoms with Gasteiger partial charge in [-0.1, -0.05) is 24.3 Å². The molecule has 14 heteroatoms. The van der Waals surface area contributed by atoms with Crippen molar-refractivity contribution in [3.05, 3.63) is 60.3 Å². The molecule has 0 aliphatic carbocycles. The molecule has 0 saturated carbocycles. The van der Waals surface area contributed by atoms with Gasteiger partial charge in [-0.3, -0.25) is 4.98 Å². The third-order valence-corrected chi connectivity index (χ3v) is 4.91. The smallest absolute Gasteiger partial charge is 0.475 e.